The molecular weight excluding hydrogens is 204 g/mol. The van der Waals surface area contributed by atoms with Crippen molar-refractivity contribution in [2.24, 2.45) is 0 Å². The molecule has 1 heterocycles. The van der Waals surface area contributed by atoms with E-state index in [-0.39, 0.29) is 17.1 Å². The number of para-hydroxylation sites is 2. The zero-order valence-corrected chi connectivity index (χ0v) is 9.11. The number of fused-ring (bicyclic) bond motifs is 1. The third-order valence-electron chi connectivity index (χ3n) is 2.34. The van der Waals surface area contributed by atoms with Gasteiger partial charge in [0.1, 0.15) is 11.6 Å². The van der Waals surface area contributed by atoms with E-state index in [1.54, 1.807) is 0 Å². The smallest absolute Gasteiger partial charge is 0.166 e. The van der Waals surface area contributed by atoms with Crippen LogP contribution in [-0.4, -0.2) is 20.9 Å². The molecule has 2 aromatic rings. The summed E-state index contributed by atoms with van der Waals surface area (Å²) in [6.07, 6.45) is 0. The minimum absolute atomic E-state index is 0.0217. The number of carbonyl (C=O) groups is 1. The van der Waals surface area contributed by atoms with Crippen LogP contribution in [0.1, 0.15) is 19.7 Å². The normalized spacial score (nSPS) is 12.6. The number of ketones is 1. The lowest BCUT2D eigenvalue weighted by molar-refractivity contribution is -0.111. The summed E-state index contributed by atoms with van der Waals surface area (Å²) in [6.45, 7) is 2.88. The van der Waals surface area contributed by atoms with Gasteiger partial charge in [0.15, 0.2) is 5.78 Å². The first kappa shape index (κ1) is 10.4. The highest BCUT2D eigenvalue weighted by Crippen LogP contribution is 2.19. The van der Waals surface area contributed by atoms with Crippen LogP contribution in [0.5, 0.6) is 0 Å². The third kappa shape index (κ3) is 1.69. The lowest BCUT2D eigenvalue weighted by atomic mass is 10.1. The van der Waals surface area contributed by atoms with Crippen LogP contribution in [-0.2, 0) is 4.79 Å². The fourth-order valence-corrected chi connectivity index (χ4v) is 1.66. The lowest BCUT2D eigenvalue weighted by Crippen LogP contribution is -2.01. The molecule has 4 heteroatoms. The molecule has 0 amide bonds. The first-order valence-corrected chi connectivity index (χ1v) is 4.95. The number of allylic oxidation sites excluding steroid dienone is 2. The van der Waals surface area contributed by atoms with Gasteiger partial charge in [0.05, 0.1) is 16.6 Å². The van der Waals surface area contributed by atoms with E-state index in [1.807, 2.05) is 24.3 Å². The highest BCUT2D eigenvalue weighted by Gasteiger charge is 2.15. The van der Waals surface area contributed by atoms with Gasteiger partial charge in [-0.05, 0) is 26.0 Å². The zero-order valence-electron chi connectivity index (χ0n) is 9.11. The molecule has 1 aromatic carbocycles. The SMILES string of the molecule is CC(=O)C(=C(C)O)c1nc2ccccc2[nH]1. The van der Waals surface area contributed by atoms with E-state index < -0.39 is 0 Å². The molecule has 2 N–H and O–H groups in total. The first-order chi connectivity index (χ1) is 7.59. The van der Waals surface area contributed by atoms with Crippen LogP contribution in [0.15, 0.2) is 30.0 Å². The Morgan fingerprint density at radius 1 is 1.31 bits per heavy atom. The van der Waals surface area contributed by atoms with E-state index >= 15 is 0 Å². The van der Waals surface area contributed by atoms with Gasteiger partial charge in [-0.25, -0.2) is 4.98 Å². The molecule has 0 fully saturated rings. The van der Waals surface area contributed by atoms with Crippen LogP contribution >= 0.6 is 0 Å². The van der Waals surface area contributed by atoms with Gasteiger partial charge in [0.2, 0.25) is 0 Å². The summed E-state index contributed by atoms with van der Waals surface area (Å²) >= 11 is 0. The molecule has 2 rings (SSSR count). The number of hydrogen-bond acceptors (Lipinski definition) is 3. The number of hydrogen-bond donors (Lipinski definition) is 2. The molecule has 0 bridgehead atoms. The van der Waals surface area contributed by atoms with E-state index in [0.717, 1.165) is 11.0 Å². The molecule has 0 aliphatic rings. The average molecular weight is 216 g/mol. The second-order valence-corrected chi connectivity index (χ2v) is 3.62. The van der Waals surface area contributed by atoms with Crippen LogP contribution in [0, 0.1) is 0 Å². The Labute approximate surface area is 92.6 Å². The number of benzene rings is 1. The lowest BCUT2D eigenvalue weighted by Gasteiger charge is -1.99. The van der Waals surface area contributed by atoms with Crippen molar-refractivity contribution in [3.63, 3.8) is 0 Å². The van der Waals surface area contributed by atoms with E-state index in [9.17, 15) is 9.90 Å². The summed E-state index contributed by atoms with van der Waals surface area (Å²) in [5.74, 6) is 0.180. The molecule has 0 aliphatic carbocycles. The Bertz CT molecular complexity index is 544. The van der Waals surface area contributed by atoms with Gasteiger partial charge in [-0.1, -0.05) is 12.1 Å². The highest BCUT2D eigenvalue weighted by atomic mass is 16.3. The molecule has 0 saturated carbocycles. The standard InChI is InChI=1S/C12H12N2O2/c1-7(15)11(8(2)16)12-13-9-5-3-4-6-10(9)14-12/h3-6,15H,1-2H3,(H,13,14). The Hall–Kier alpha value is -2.10. The highest BCUT2D eigenvalue weighted by molar-refractivity contribution is 6.19. The van der Waals surface area contributed by atoms with Crippen molar-refractivity contribution >= 4 is 22.4 Å². The molecule has 0 spiro atoms. The van der Waals surface area contributed by atoms with Crippen LogP contribution in [0.25, 0.3) is 16.6 Å². The van der Waals surface area contributed by atoms with Gasteiger partial charge in [0.25, 0.3) is 0 Å². The zero-order chi connectivity index (χ0) is 11.7. The summed E-state index contributed by atoms with van der Waals surface area (Å²) in [7, 11) is 0. The molecule has 1 aromatic heterocycles. The minimum Gasteiger partial charge on any atom is -0.512 e. The topological polar surface area (TPSA) is 66.0 Å². The van der Waals surface area contributed by atoms with Crippen molar-refractivity contribution in [2.75, 3.05) is 0 Å². The molecular formula is C12H12N2O2. The van der Waals surface area contributed by atoms with E-state index in [0.29, 0.717) is 5.82 Å². The predicted octanol–water partition coefficient (Wildman–Crippen LogP) is 2.44. The summed E-state index contributed by atoms with van der Waals surface area (Å²) in [5, 5.41) is 9.46. The number of aliphatic hydroxyl groups is 1. The summed E-state index contributed by atoms with van der Waals surface area (Å²) < 4.78 is 0. The predicted molar refractivity (Wildman–Crippen MR) is 62.0 cm³/mol. The quantitative estimate of drug-likeness (QED) is 0.598. The second-order valence-electron chi connectivity index (χ2n) is 3.62. The van der Waals surface area contributed by atoms with Crippen LogP contribution < -0.4 is 0 Å². The fraction of sp³-hybridized carbons (Fsp3) is 0.167. The molecule has 4 nitrogen and oxygen atoms in total. The van der Waals surface area contributed by atoms with Gasteiger partial charge in [-0.2, -0.15) is 0 Å². The van der Waals surface area contributed by atoms with Crippen LogP contribution in [0.4, 0.5) is 0 Å². The Morgan fingerprint density at radius 2 is 2.00 bits per heavy atom. The van der Waals surface area contributed by atoms with Crippen molar-refractivity contribution in [1.29, 1.82) is 0 Å². The average Bonchev–Trinajstić information content (AvgIpc) is 2.58. The molecule has 0 saturated heterocycles. The molecule has 0 atom stereocenters. The number of nitrogens with one attached hydrogen (secondary N) is 1. The van der Waals surface area contributed by atoms with Gasteiger partial charge in [0, 0.05) is 0 Å². The molecule has 0 aliphatic heterocycles. The number of aromatic nitrogens is 2. The van der Waals surface area contributed by atoms with E-state index in [2.05, 4.69) is 9.97 Å². The second kappa shape index (κ2) is 3.81. The summed E-state index contributed by atoms with van der Waals surface area (Å²) in [5.41, 5.74) is 1.85. The minimum atomic E-state index is -0.209. The van der Waals surface area contributed by atoms with Gasteiger partial charge in [-0.15, -0.1) is 0 Å². The molecule has 0 radical (unpaired) electrons. The van der Waals surface area contributed by atoms with E-state index in [1.165, 1.54) is 13.8 Å². The van der Waals surface area contributed by atoms with Crippen LogP contribution in [0.3, 0.4) is 0 Å². The van der Waals surface area contributed by atoms with Gasteiger partial charge in [-0.3, -0.25) is 4.79 Å². The fourth-order valence-electron chi connectivity index (χ4n) is 1.66. The Morgan fingerprint density at radius 3 is 2.56 bits per heavy atom. The number of Topliss-reactive ketones (excluding diaryl/α,β-unsaturated/α-hetero) is 1. The number of carbonyl (C=O) groups excluding carboxylic acids is 1. The maximum atomic E-state index is 11.4. The largest absolute Gasteiger partial charge is 0.512 e. The van der Waals surface area contributed by atoms with Gasteiger partial charge >= 0.3 is 0 Å². The van der Waals surface area contributed by atoms with Crippen molar-refractivity contribution in [2.45, 2.75) is 13.8 Å². The number of aromatic amines is 1. The third-order valence-corrected chi connectivity index (χ3v) is 2.34. The number of aliphatic hydroxyl groups excluding tert-OH is 1. The number of imidazole rings is 1. The monoisotopic (exact) mass is 216 g/mol. The summed E-state index contributed by atoms with van der Waals surface area (Å²) in [6, 6.07) is 7.47. The summed E-state index contributed by atoms with van der Waals surface area (Å²) in [4.78, 5) is 18.7. The van der Waals surface area contributed by atoms with Crippen molar-refractivity contribution in [1.82, 2.24) is 9.97 Å². The number of nitrogens with zero attached hydrogens (tertiary/aromatic N) is 1. The van der Waals surface area contributed by atoms with E-state index in [4.69, 9.17) is 0 Å². The molecule has 0 unspecified atom stereocenters. The number of H-pyrrole nitrogens is 1. The Balaban J connectivity index is 2.63. The number of rotatable bonds is 2. The Kier molecular flexibility index (Phi) is 2.48. The van der Waals surface area contributed by atoms with Crippen molar-refractivity contribution in [3.05, 3.63) is 35.8 Å². The van der Waals surface area contributed by atoms with Crippen molar-refractivity contribution < 1.29 is 9.90 Å². The molecule has 82 valence electrons. The van der Waals surface area contributed by atoms with Crippen molar-refractivity contribution in [3.8, 4) is 0 Å². The molecule has 16 heavy (non-hydrogen) atoms. The van der Waals surface area contributed by atoms with Gasteiger partial charge < -0.3 is 10.1 Å². The maximum absolute atomic E-state index is 11.4. The first-order valence-electron chi connectivity index (χ1n) is 4.95. The maximum Gasteiger partial charge on any atom is 0.166 e. The van der Waals surface area contributed by atoms with Crippen LogP contribution in [0.2, 0.25) is 0 Å².